The van der Waals surface area contributed by atoms with E-state index in [0.29, 0.717) is 0 Å². The molecule has 1 aliphatic carbocycles. The lowest BCUT2D eigenvalue weighted by molar-refractivity contribution is 1.59. The minimum Gasteiger partial charge on any atom is -0.0985 e. The fraction of sp³-hybridized carbons (Fsp3) is 0. The van der Waals surface area contributed by atoms with Crippen LogP contribution in [0.4, 0.5) is 0 Å². The monoisotopic (exact) mass is 658 g/mol. The number of fused-ring (bicyclic) bond motifs is 4. The van der Waals surface area contributed by atoms with Gasteiger partial charge in [-0.15, -0.1) is 0 Å². The fourth-order valence-electron chi connectivity index (χ4n) is 8.42. The molecule has 0 nitrogen and oxygen atoms in total. The van der Waals surface area contributed by atoms with Crippen molar-refractivity contribution >= 4 is 27.6 Å². The zero-order valence-corrected chi connectivity index (χ0v) is 28.7. The predicted octanol–water partition coefficient (Wildman–Crippen LogP) is 14.6. The SMILES string of the molecule is C=Cc1ccc(-c2ccc3c4c(cccc24)-c2c-3c(-c3cccc(-c4ccccc4)c3)c3ccccc3c2-c2cccc(-c3ccccc3)c2)cc1. The summed E-state index contributed by atoms with van der Waals surface area (Å²) < 4.78 is 0. The van der Waals surface area contributed by atoms with Crippen LogP contribution in [-0.4, -0.2) is 0 Å². The molecule has 0 unspecified atom stereocenters. The van der Waals surface area contributed by atoms with Gasteiger partial charge in [0.2, 0.25) is 0 Å². The molecule has 0 fully saturated rings. The third-order valence-corrected chi connectivity index (χ3v) is 10.8. The molecule has 0 atom stereocenters. The van der Waals surface area contributed by atoms with E-state index in [1.54, 1.807) is 0 Å². The maximum Gasteiger partial charge on any atom is -0.000741 e. The van der Waals surface area contributed by atoms with Crippen LogP contribution in [0, 0.1) is 0 Å². The van der Waals surface area contributed by atoms with Crippen LogP contribution in [0.1, 0.15) is 5.56 Å². The van der Waals surface area contributed by atoms with Crippen molar-refractivity contribution < 1.29 is 0 Å². The summed E-state index contributed by atoms with van der Waals surface area (Å²) in [6.07, 6.45) is 1.90. The zero-order valence-electron chi connectivity index (χ0n) is 28.7. The fourth-order valence-corrected chi connectivity index (χ4v) is 8.42. The lowest BCUT2D eigenvalue weighted by atomic mass is 9.82. The number of hydrogen-bond donors (Lipinski definition) is 0. The topological polar surface area (TPSA) is 0 Å². The second kappa shape index (κ2) is 12.2. The van der Waals surface area contributed by atoms with E-state index in [0.717, 1.165) is 5.56 Å². The molecule has 9 aromatic rings. The van der Waals surface area contributed by atoms with Crippen LogP contribution >= 0.6 is 0 Å². The molecule has 0 bridgehead atoms. The lowest BCUT2D eigenvalue weighted by Gasteiger charge is -2.21. The van der Waals surface area contributed by atoms with Gasteiger partial charge in [-0.05, 0) is 117 Å². The van der Waals surface area contributed by atoms with E-state index >= 15 is 0 Å². The first kappa shape index (κ1) is 30.1. The Morgan fingerprint density at radius 3 is 1.29 bits per heavy atom. The third kappa shape index (κ3) is 4.77. The van der Waals surface area contributed by atoms with Crippen LogP contribution < -0.4 is 0 Å². The van der Waals surface area contributed by atoms with Gasteiger partial charge < -0.3 is 0 Å². The number of benzene rings is 9. The third-order valence-electron chi connectivity index (χ3n) is 10.8. The Bertz CT molecular complexity index is 2690. The van der Waals surface area contributed by atoms with Gasteiger partial charge in [0.05, 0.1) is 0 Å². The van der Waals surface area contributed by atoms with Crippen molar-refractivity contribution in [3.63, 3.8) is 0 Å². The summed E-state index contributed by atoms with van der Waals surface area (Å²) in [5, 5.41) is 5.11. The largest absolute Gasteiger partial charge is 0.0985 e. The van der Waals surface area contributed by atoms with E-state index in [-0.39, 0.29) is 0 Å². The Labute approximate surface area is 304 Å². The van der Waals surface area contributed by atoms with Crippen molar-refractivity contribution in [1.29, 1.82) is 0 Å². The van der Waals surface area contributed by atoms with Crippen molar-refractivity contribution in [3.05, 3.63) is 200 Å². The normalized spacial score (nSPS) is 11.5. The summed E-state index contributed by atoms with van der Waals surface area (Å²) in [4.78, 5) is 0. The van der Waals surface area contributed by atoms with E-state index in [4.69, 9.17) is 0 Å². The summed E-state index contributed by atoms with van der Waals surface area (Å²) >= 11 is 0. The van der Waals surface area contributed by atoms with Gasteiger partial charge in [0.25, 0.3) is 0 Å². The van der Waals surface area contributed by atoms with Gasteiger partial charge in [0.1, 0.15) is 0 Å². The van der Waals surface area contributed by atoms with Crippen molar-refractivity contribution in [3.8, 4) is 77.9 Å². The van der Waals surface area contributed by atoms with Crippen molar-refractivity contribution in [2.45, 2.75) is 0 Å². The van der Waals surface area contributed by atoms with Crippen LogP contribution in [0.5, 0.6) is 0 Å². The minimum atomic E-state index is 1.12. The molecule has 0 heteroatoms. The molecule has 52 heavy (non-hydrogen) atoms. The maximum atomic E-state index is 3.97. The van der Waals surface area contributed by atoms with E-state index in [1.807, 2.05) is 6.08 Å². The van der Waals surface area contributed by atoms with Gasteiger partial charge in [0, 0.05) is 0 Å². The van der Waals surface area contributed by atoms with Gasteiger partial charge >= 0.3 is 0 Å². The van der Waals surface area contributed by atoms with Crippen LogP contribution in [0.25, 0.3) is 106 Å². The molecule has 0 saturated carbocycles. The molecule has 0 heterocycles. The van der Waals surface area contributed by atoms with E-state index in [9.17, 15) is 0 Å². The van der Waals surface area contributed by atoms with Gasteiger partial charge in [-0.1, -0.05) is 189 Å². The van der Waals surface area contributed by atoms with Crippen molar-refractivity contribution in [1.82, 2.24) is 0 Å². The Hall–Kier alpha value is -6.76. The molecular weight excluding hydrogens is 625 g/mol. The van der Waals surface area contributed by atoms with Crippen LogP contribution in [-0.2, 0) is 0 Å². The molecule has 0 spiro atoms. The first-order valence-corrected chi connectivity index (χ1v) is 18.0. The molecule has 10 rings (SSSR count). The van der Waals surface area contributed by atoms with E-state index < -0.39 is 0 Å². The summed E-state index contributed by atoms with van der Waals surface area (Å²) in [5.41, 5.74) is 18.7. The first-order chi connectivity index (χ1) is 25.8. The van der Waals surface area contributed by atoms with Crippen LogP contribution in [0.2, 0.25) is 0 Å². The summed E-state index contributed by atoms with van der Waals surface area (Å²) in [6, 6.07) is 69.0. The molecule has 0 saturated heterocycles. The molecule has 0 radical (unpaired) electrons. The number of rotatable bonds is 6. The average Bonchev–Trinajstić information content (AvgIpc) is 3.55. The van der Waals surface area contributed by atoms with E-state index in [2.05, 4.69) is 195 Å². The van der Waals surface area contributed by atoms with Crippen molar-refractivity contribution in [2.24, 2.45) is 0 Å². The second-order valence-electron chi connectivity index (χ2n) is 13.7. The highest BCUT2D eigenvalue weighted by molar-refractivity contribution is 6.29. The van der Waals surface area contributed by atoms with E-state index in [1.165, 1.54) is 99.4 Å². The summed E-state index contributed by atoms with van der Waals surface area (Å²) in [6.45, 7) is 3.97. The van der Waals surface area contributed by atoms with Gasteiger partial charge in [-0.3, -0.25) is 0 Å². The van der Waals surface area contributed by atoms with Crippen LogP contribution in [0.15, 0.2) is 195 Å². The Kier molecular flexibility index (Phi) is 7.08. The highest BCUT2D eigenvalue weighted by Gasteiger charge is 2.31. The molecule has 0 aromatic heterocycles. The second-order valence-corrected chi connectivity index (χ2v) is 13.7. The standard InChI is InChI=1S/C52H34/c1-2-34-26-28-37(29-27-34)42-30-31-47-50-43(42)24-13-25-46(50)51-48(40-20-11-18-38(32-40)35-14-5-3-6-15-35)44-22-9-10-23-45(44)49(52(47)51)41-21-12-19-39(33-41)36-16-7-4-8-17-36/h2-33H,1H2. The molecule has 9 aromatic carbocycles. The zero-order chi connectivity index (χ0) is 34.6. The maximum absolute atomic E-state index is 3.97. The van der Waals surface area contributed by atoms with Gasteiger partial charge in [-0.25, -0.2) is 0 Å². The Morgan fingerprint density at radius 1 is 0.288 bits per heavy atom. The molecule has 242 valence electrons. The Balaban J connectivity index is 1.32. The van der Waals surface area contributed by atoms with Crippen molar-refractivity contribution in [2.75, 3.05) is 0 Å². The average molecular weight is 659 g/mol. The minimum absolute atomic E-state index is 1.12. The highest BCUT2D eigenvalue weighted by Crippen LogP contribution is 2.58. The quantitative estimate of drug-likeness (QED) is 0.167. The lowest BCUT2D eigenvalue weighted by Crippen LogP contribution is -1.94. The smallest absolute Gasteiger partial charge is 0.000741 e. The highest BCUT2D eigenvalue weighted by atomic mass is 14.3. The number of hydrogen-bond acceptors (Lipinski definition) is 0. The Morgan fingerprint density at radius 2 is 0.731 bits per heavy atom. The molecule has 0 aliphatic heterocycles. The molecule has 0 amide bonds. The molecule has 1 aliphatic rings. The molecular formula is C52H34. The predicted molar refractivity (Wildman–Crippen MR) is 223 cm³/mol. The summed E-state index contributed by atoms with van der Waals surface area (Å²) in [7, 11) is 0. The summed E-state index contributed by atoms with van der Waals surface area (Å²) in [5.74, 6) is 0. The van der Waals surface area contributed by atoms with Gasteiger partial charge in [0.15, 0.2) is 0 Å². The molecule has 0 N–H and O–H groups in total. The van der Waals surface area contributed by atoms with Crippen LogP contribution in [0.3, 0.4) is 0 Å². The van der Waals surface area contributed by atoms with Gasteiger partial charge in [-0.2, -0.15) is 0 Å². The first-order valence-electron chi connectivity index (χ1n) is 18.0.